The van der Waals surface area contributed by atoms with Crippen LogP contribution in [-0.2, 0) is 6.42 Å². The van der Waals surface area contributed by atoms with Crippen LogP contribution in [0.25, 0.3) is 0 Å². The Kier molecular flexibility index (Phi) is 3.55. The van der Waals surface area contributed by atoms with Gasteiger partial charge in [0.05, 0.1) is 4.92 Å². The van der Waals surface area contributed by atoms with Gasteiger partial charge in [-0.05, 0) is 38.0 Å². The van der Waals surface area contributed by atoms with Gasteiger partial charge in [-0.2, -0.15) is 0 Å². The summed E-state index contributed by atoms with van der Waals surface area (Å²) in [6.45, 7) is 5.73. The molecule has 5 heteroatoms. The predicted molar refractivity (Wildman–Crippen MR) is 72.1 cm³/mol. The average Bonchev–Trinajstić information content (AvgIpc) is 2.30. The van der Waals surface area contributed by atoms with E-state index in [1.807, 2.05) is 26.8 Å². The number of non-ortho nitro benzene ring substituents is 1. The molecule has 2 aromatic rings. The van der Waals surface area contributed by atoms with Crippen LogP contribution in [0.15, 0.2) is 24.3 Å². The van der Waals surface area contributed by atoms with Gasteiger partial charge in [0.25, 0.3) is 5.69 Å². The Labute approximate surface area is 111 Å². The van der Waals surface area contributed by atoms with E-state index in [0.29, 0.717) is 6.42 Å². The molecule has 98 valence electrons. The summed E-state index contributed by atoms with van der Waals surface area (Å²) >= 11 is 0. The number of rotatable bonds is 3. The van der Waals surface area contributed by atoms with E-state index < -0.39 is 0 Å². The second kappa shape index (κ2) is 5.14. The Morgan fingerprint density at radius 3 is 2.26 bits per heavy atom. The summed E-state index contributed by atoms with van der Waals surface area (Å²) in [6, 6.07) is 6.80. The van der Waals surface area contributed by atoms with E-state index in [-0.39, 0.29) is 10.6 Å². The maximum atomic E-state index is 10.7. The molecule has 2 rings (SSSR count). The standard InChI is InChI=1S/C14H15N3O2/c1-9-6-13(17(18)19)5-4-12(9)8-14-15-10(2)7-11(3)16-14/h4-7H,8H2,1-3H3. The highest BCUT2D eigenvalue weighted by molar-refractivity contribution is 5.40. The largest absolute Gasteiger partial charge is 0.269 e. The molecular formula is C14H15N3O2. The first-order valence-corrected chi connectivity index (χ1v) is 6.01. The summed E-state index contributed by atoms with van der Waals surface area (Å²) in [6.07, 6.45) is 0.590. The topological polar surface area (TPSA) is 68.9 Å². The molecule has 0 N–H and O–H groups in total. The van der Waals surface area contributed by atoms with Gasteiger partial charge in [0.15, 0.2) is 0 Å². The molecule has 0 aliphatic heterocycles. The third-order valence-corrected chi connectivity index (χ3v) is 2.91. The minimum atomic E-state index is -0.385. The fourth-order valence-electron chi connectivity index (χ4n) is 2.04. The number of aryl methyl sites for hydroxylation is 3. The third-order valence-electron chi connectivity index (χ3n) is 2.91. The Balaban J connectivity index is 2.30. The SMILES string of the molecule is Cc1cc(C)nc(Cc2ccc([N+](=O)[O-])cc2C)n1. The zero-order chi connectivity index (χ0) is 14.0. The molecule has 0 spiro atoms. The summed E-state index contributed by atoms with van der Waals surface area (Å²) in [5.74, 6) is 0.745. The number of nitrogens with zero attached hydrogens (tertiary/aromatic N) is 3. The first-order chi connectivity index (χ1) is 8.95. The number of hydrogen-bond donors (Lipinski definition) is 0. The van der Waals surface area contributed by atoms with Crippen molar-refractivity contribution in [1.29, 1.82) is 0 Å². The molecule has 1 aromatic heterocycles. The fourth-order valence-corrected chi connectivity index (χ4v) is 2.04. The van der Waals surface area contributed by atoms with Crippen molar-refractivity contribution in [3.05, 3.63) is 62.7 Å². The van der Waals surface area contributed by atoms with Crippen LogP contribution in [0.2, 0.25) is 0 Å². The second-order valence-corrected chi connectivity index (χ2v) is 4.61. The lowest BCUT2D eigenvalue weighted by Crippen LogP contribution is -2.02. The van der Waals surface area contributed by atoms with E-state index >= 15 is 0 Å². The smallest absolute Gasteiger partial charge is 0.258 e. The van der Waals surface area contributed by atoms with Crippen molar-refractivity contribution >= 4 is 5.69 Å². The van der Waals surface area contributed by atoms with Gasteiger partial charge in [-0.15, -0.1) is 0 Å². The van der Waals surface area contributed by atoms with Gasteiger partial charge in [0.2, 0.25) is 0 Å². The first-order valence-electron chi connectivity index (χ1n) is 6.01. The monoisotopic (exact) mass is 257 g/mol. The molecule has 0 bridgehead atoms. The zero-order valence-electron chi connectivity index (χ0n) is 11.2. The van der Waals surface area contributed by atoms with Crippen LogP contribution in [0, 0.1) is 30.9 Å². The Morgan fingerprint density at radius 2 is 1.74 bits per heavy atom. The van der Waals surface area contributed by atoms with Crippen molar-refractivity contribution < 1.29 is 4.92 Å². The van der Waals surface area contributed by atoms with E-state index in [1.54, 1.807) is 12.1 Å². The van der Waals surface area contributed by atoms with E-state index in [0.717, 1.165) is 28.3 Å². The number of benzene rings is 1. The maximum absolute atomic E-state index is 10.7. The molecule has 0 saturated carbocycles. The van der Waals surface area contributed by atoms with Crippen LogP contribution < -0.4 is 0 Å². The lowest BCUT2D eigenvalue weighted by atomic mass is 10.0. The van der Waals surface area contributed by atoms with E-state index in [1.165, 1.54) is 6.07 Å². The van der Waals surface area contributed by atoms with Gasteiger partial charge in [0.1, 0.15) is 5.82 Å². The molecule has 0 aliphatic rings. The van der Waals surface area contributed by atoms with Crippen molar-refractivity contribution in [2.24, 2.45) is 0 Å². The number of aromatic nitrogens is 2. The van der Waals surface area contributed by atoms with Gasteiger partial charge < -0.3 is 0 Å². The fraction of sp³-hybridized carbons (Fsp3) is 0.286. The Morgan fingerprint density at radius 1 is 1.11 bits per heavy atom. The highest BCUT2D eigenvalue weighted by atomic mass is 16.6. The van der Waals surface area contributed by atoms with Crippen LogP contribution in [0.5, 0.6) is 0 Å². The predicted octanol–water partition coefficient (Wildman–Crippen LogP) is 2.90. The summed E-state index contributed by atoms with van der Waals surface area (Å²) in [4.78, 5) is 19.1. The lowest BCUT2D eigenvalue weighted by Gasteiger charge is -2.06. The van der Waals surface area contributed by atoms with Gasteiger partial charge in [-0.1, -0.05) is 6.07 Å². The van der Waals surface area contributed by atoms with Crippen molar-refractivity contribution in [3.8, 4) is 0 Å². The summed E-state index contributed by atoms with van der Waals surface area (Å²) < 4.78 is 0. The van der Waals surface area contributed by atoms with Crippen molar-refractivity contribution in [2.75, 3.05) is 0 Å². The van der Waals surface area contributed by atoms with Crippen molar-refractivity contribution in [2.45, 2.75) is 27.2 Å². The molecule has 0 amide bonds. The third kappa shape index (κ3) is 3.13. The van der Waals surface area contributed by atoms with Gasteiger partial charge in [-0.3, -0.25) is 10.1 Å². The normalized spacial score (nSPS) is 10.5. The van der Waals surface area contributed by atoms with Crippen LogP contribution in [-0.4, -0.2) is 14.9 Å². The Hall–Kier alpha value is -2.30. The molecular weight excluding hydrogens is 242 g/mol. The minimum absolute atomic E-state index is 0.114. The van der Waals surface area contributed by atoms with Crippen molar-refractivity contribution in [1.82, 2.24) is 9.97 Å². The molecule has 0 saturated heterocycles. The number of nitro benzene ring substituents is 1. The Bertz CT molecular complexity index is 618. The maximum Gasteiger partial charge on any atom is 0.269 e. The summed E-state index contributed by atoms with van der Waals surface area (Å²) in [7, 11) is 0. The van der Waals surface area contributed by atoms with E-state index in [2.05, 4.69) is 9.97 Å². The summed E-state index contributed by atoms with van der Waals surface area (Å²) in [5, 5.41) is 10.7. The zero-order valence-corrected chi connectivity index (χ0v) is 11.2. The number of nitro groups is 1. The quantitative estimate of drug-likeness (QED) is 0.626. The molecule has 5 nitrogen and oxygen atoms in total. The molecule has 0 aliphatic carbocycles. The van der Waals surface area contributed by atoms with Crippen LogP contribution >= 0.6 is 0 Å². The average molecular weight is 257 g/mol. The number of hydrogen-bond acceptors (Lipinski definition) is 4. The second-order valence-electron chi connectivity index (χ2n) is 4.61. The molecule has 0 unspecified atom stereocenters. The van der Waals surface area contributed by atoms with Crippen molar-refractivity contribution in [3.63, 3.8) is 0 Å². The first kappa shape index (κ1) is 13.1. The lowest BCUT2D eigenvalue weighted by molar-refractivity contribution is -0.384. The molecule has 19 heavy (non-hydrogen) atoms. The molecule has 0 radical (unpaired) electrons. The van der Waals surface area contributed by atoms with Gasteiger partial charge >= 0.3 is 0 Å². The van der Waals surface area contributed by atoms with Crippen LogP contribution in [0.3, 0.4) is 0 Å². The van der Waals surface area contributed by atoms with Gasteiger partial charge in [0, 0.05) is 29.9 Å². The van der Waals surface area contributed by atoms with Crippen LogP contribution in [0.1, 0.15) is 28.3 Å². The molecule has 1 aromatic carbocycles. The van der Waals surface area contributed by atoms with Crippen LogP contribution in [0.4, 0.5) is 5.69 Å². The summed E-state index contributed by atoms with van der Waals surface area (Å²) in [5.41, 5.74) is 3.87. The highest BCUT2D eigenvalue weighted by Crippen LogP contribution is 2.19. The molecule has 0 atom stereocenters. The highest BCUT2D eigenvalue weighted by Gasteiger charge is 2.09. The van der Waals surface area contributed by atoms with Gasteiger partial charge in [-0.25, -0.2) is 9.97 Å². The van der Waals surface area contributed by atoms with E-state index in [9.17, 15) is 10.1 Å². The minimum Gasteiger partial charge on any atom is -0.258 e. The van der Waals surface area contributed by atoms with E-state index in [4.69, 9.17) is 0 Å². The molecule has 1 heterocycles. The molecule has 0 fully saturated rings.